The standard InChI is InChI=1S/C18H34N2O4Si.C2H3N/c1-17(2,3)23-16(21)20-10-9-11-22-15(13-20)14(12-19)24-25(7,8)18(4,5)6;1-2-3/h14-15H,9-11,13H2,1-8H3;1H3. The van der Waals surface area contributed by atoms with Crippen LogP contribution in [0.15, 0.2) is 0 Å². The van der Waals surface area contributed by atoms with Crippen LogP contribution in [0.1, 0.15) is 54.9 Å². The maximum atomic E-state index is 12.4. The van der Waals surface area contributed by atoms with Crippen LogP contribution < -0.4 is 0 Å². The maximum Gasteiger partial charge on any atom is 0.410 e. The van der Waals surface area contributed by atoms with Crippen molar-refractivity contribution < 1.29 is 18.7 Å². The fourth-order valence-electron chi connectivity index (χ4n) is 2.21. The molecule has 28 heavy (non-hydrogen) atoms. The van der Waals surface area contributed by atoms with Gasteiger partial charge < -0.3 is 18.8 Å². The lowest BCUT2D eigenvalue weighted by Crippen LogP contribution is -2.50. The fourth-order valence-corrected chi connectivity index (χ4v) is 3.40. The van der Waals surface area contributed by atoms with Gasteiger partial charge in [-0.05, 0) is 45.3 Å². The molecule has 2 atom stereocenters. The molecule has 1 amide bonds. The molecule has 0 aromatic rings. The van der Waals surface area contributed by atoms with E-state index >= 15 is 0 Å². The van der Waals surface area contributed by atoms with Crippen molar-refractivity contribution in [2.24, 2.45) is 0 Å². The summed E-state index contributed by atoms with van der Waals surface area (Å²) in [4.78, 5) is 14.0. The van der Waals surface area contributed by atoms with Gasteiger partial charge in [0, 0.05) is 20.1 Å². The number of ether oxygens (including phenoxy) is 2. The first-order valence-electron chi connectivity index (χ1n) is 9.66. The van der Waals surface area contributed by atoms with E-state index in [1.54, 1.807) is 11.0 Å². The highest BCUT2D eigenvalue weighted by Gasteiger charge is 2.42. The van der Waals surface area contributed by atoms with Crippen LogP contribution in [0.3, 0.4) is 0 Å². The molecule has 8 heteroatoms. The van der Waals surface area contributed by atoms with Crippen molar-refractivity contribution in [1.82, 2.24) is 4.90 Å². The molecule has 1 aliphatic rings. The molecule has 160 valence electrons. The van der Waals surface area contributed by atoms with E-state index < -0.39 is 26.1 Å². The van der Waals surface area contributed by atoms with Crippen molar-refractivity contribution in [1.29, 1.82) is 10.5 Å². The summed E-state index contributed by atoms with van der Waals surface area (Å²) in [5.41, 5.74) is -0.550. The van der Waals surface area contributed by atoms with Gasteiger partial charge in [0.2, 0.25) is 0 Å². The van der Waals surface area contributed by atoms with Crippen molar-refractivity contribution in [3.05, 3.63) is 0 Å². The average Bonchev–Trinajstić information content (AvgIpc) is 2.76. The Kier molecular flexibility index (Phi) is 10.2. The summed E-state index contributed by atoms with van der Waals surface area (Å²) < 4.78 is 17.6. The Labute approximate surface area is 171 Å². The van der Waals surface area contributed by atoms with E-state index in [4.69, 9.17) is 19.2 Å². The predicted octanol–water partition coefficient (Wildman–Crippen LogP) is 4.46. The molecule has 1 heterocycles. The number of hydrogen-bond donors (Lipinski definition) is 0. The van der Waals surface area contributed by atoms with E-state index in [-0.39, 0.29) is 11.1 Å². The highest BCUT2D eigenvalue weighted by Crippen LogP contribution is 2.37. The van der Waals surface area contributed by atoms with Gasteiger partial charge in [0.1, 0.15) is 11.7 Å². The molecule has 2 unspecified atom stereocenters. The summed E-state index contributed by atoms with van der Waals surface area (Å²) in [6.07, 6.45) is -0.807. The molecule has 0 aromatic heterocycles. The third-order valence-corrected chi connectivity index (χ3v) is 9.10. The molecule has 1 rings (SSSR count). The van der Waals surface area contributed by atoms with Crippen molar-refractivity contribution in [2.45, 2.75) is 90.8 Å². The number of carbonyl (C=O) groups is 1. The highest BCUT2D eigenvalue weighted by atomic mass is 28.4. The molecule has 0 spiro atoms. The monoisotopic (exact) mass is 411 g/mol. The molecular weight excluding hydrogens is 374 g/mol. The summed E-state index contributed by atoms with van der Waals surface area (Å²) >= 11 is 0. The number of amides is 1. The highest BCUT2D eigenvalue weighted by molar-refractivity contribution is 6.74. The minimum atomic E-state index is -2.11. The Balaban J connectivity index is 0.00000227. The molecular formula is C20H37N3O4Si. The average molecular weight is 412 g/mol. The van der Waals surface area contributed by atoms with E-state index in [9.17, 15) is 10.1 Å². The summed E-state index contributed by atoms with van der Waals surface area (Å²) in [5.74, 6) is 0. The first kappa shape index (κ1) is 26.4. The molecule has 0 radical (unpaired) electrons. The first-order valence-corrected chi connectivity index (χ1v) is 12.6. The Morgan fingerprint density at radius 2 is 1.75 bits per heavy atom. The number of nitrogens with zero attached hydrogens (tertiary/aromatic N) is 3. The Hall–Kier alpha value is -1.61. The van der Waals surface area contributed by atoms with E-state index in [1.807, 2.05) is 20.8 Å². The van der Waals surface area contributed by atoms with Crippen LogP contribution in [-0.4, -0.2) is 56.8 Å². The number of nitriles is 2. The molecule has 0 aromatic carbocycles. The van der Waals surface area contributed by atoms with Crippen LogP contribution in [0.25, 0.3) is 0 Å². The second-order valence-electron chi connectivity index (χ2n) is 9.34. The molecule has 0 aliphatic carbocycles. The number of carbonyl (C=O) groups excluding carboxylic acids is 1. The van der Waals surface area contributed by atoms with Gasteiger partial charge in [-0.15, -0.1) is 0 Å². The summed E-state index contributed by atoms with van der Waals surface area (Å²) in [6.45, 7) is 19.0. The van der Waals surface area contributed by atoms with Gasteiger partial charge in [-0.3, -0.25) is 0 Å². The quantitative estimate of drug-likeness (QED) is 0.636. The van der Waals surface area contributed by atoms with Gasteiger partial charge in [-0.1, -0.05) is 20.8 Å². The molecule has 1 saturated heterocycles. The zero-order chi connectivity index (χ0) is 22.2. The molecule has 1 aliphatic heterocycles. The molecule has 1 fully saturated rings. The zero-order valence-electron chi connectivity index (χ0n) is 19.0. The second kappa shape index (κ2) is 10.8. The predicted molar refractivity (Wildman–Crippen MR) is 111 cm³/mol. The van der Waals surface area contributed by atoms with E-state index in [2.05, 4.69) is 39.9 Å². The van der Waals surface area contributed by atoms with Crippen LogP contribution in [0.4, 0.5) is 4.79 Å². The lowest BCUT2D eigenvalue weighted by atomic mass is 10.2. The molecule has 0 N–H and O–H groups in total. The maximum absolute atomic E-state index is 12.4. The van der Waals surface area contributed by atoms with Crippen molar-refractivity contribution in [3.8, 4) is 12.1 Å². The molecule has 7 nitrogen and oxygen atoms in total. The minimum absolute atomic E-state index is 0.00230. The van der Waals surface area contributed by atoms with Crippen LogP contribution >= 0.6 is 0 Å². The lowest BCUT2D eigenvalue weighted by Gasteiger charge is -2.39. The van der Waals surface area contributed by atoms with Crippen LogP contribution in [0, 0.1) is 22.7 Å². The molecule has 0 bridgehead atoms. The number of rotatable bonds is 3. The van der Waals surface area contributed by atoms with Crippen LogP contribution in [-0.2, 0) is 13.9 Å². The van der Waals surface area contributed by atoms with E-state index in [1.165, 1.54) is 6.92 Å². The van der Waals surface area contributed by atoms with Gasteiger partial charge >= 0.3 is 6.09 Å². The van der Waals surface area contributed by atoms with Crippen molar-refractivity contribution in [3.63, 3.8) is 0 Å². The van der Waals surface area contributed by atoms with Crippen molar-refractivity contribution >= 4 is 14.4 Å². The third-order valence-electron chi connectivity index (χ3n) is 4.65. The molecule has 0 saturated carbocycles. The van der Waals surface area contributed by atoms with Crippen LogP contribution in [0.5, 0.6) is 0 Å². The third kappa shape index (κ3) is 9.05. The van der Waals surface area contributed by atoms with Gasteiger partial charge in [0.15, 0.2) is 14.4 Å². The summed E-state index contributed by atoms with van der Waals surface area (Å²) in [7, 11) is -2.11. The Bertz CT molecular complexity index is 582. The van der Waals surface area contributed by atoms with Gasteiger partial charge in [-0.25, -0.2) is 4.79 Å². The van der Waals surface area contributed by atoms with Crippen molar-refractivity contribution in [2.75, 3.05) is 19.7 Å². The largest absolute Gasteiger partial charge is 0.444 e. The van der Waals surface area contributed by atoms with Crippen LogP contribution in [0.2, 0.25) is 18.1 Å². The van der Waals surface area contributed by atoms with E-state index in [0.29, 0.717) is 26.1 Å². The Morgan fingerprint density at radius 3 is 2.18 bits per heavy atom. The SMILES string of the molecule is CC#N.CC(C)(C)OC(=O)N1CCCOC(C(C#N)O[Si](C)(C)C(C)(C)C)C1. The lowest BCUT2D eigenvalue weighted by molar-refractivity contribution is -0.0167. The fraction of sp³-hybridized carbons (Fsp3) is 0.850. The minimum Gasteiger partial charge on any atom is -0.444 e. The smallest absolute Gasteiger partial charge is 0.410 e. The second-order valence-corrected chi connectivity index (χ2v) is 14.1. The number of hydrogen-bond acceptors (Lipinski definition) is 6. The van der Waals surface area contributed by atoms with Gasteiger partial charge in [0.05, 0.1) is 18.7 Å². The normalized spacial score (nSPS) is 19.2. The summed E-state index contributed by atoms with van der Waals surface area (Å²) in [6, 6.07) is 3.99. The van der Waals surface area contributed by atoms with Gasteiger partial charge in [-0.2, -0.15) is 10.5 Å². The first-order chi connectivity index (χ1) is 12.7. The Morgan fingerprint density at radius 1 is 1.21 bits per heavy atom. The van der Waals surface area contributed by atoms with Gasteiger partial charge in [0.25, 0.3) is 0 Å². The summed E-state index contributed by atoms with van der Waals surface area (Å²) in [5, 5.41) is 17.0. The van der Waals surface area contributed by atoms with E-state index in [0.717, 1.165) is 0 Å². The topological polar surface area (TPSA) is 95.6 Å². The zero-order valence-corrected chi connectivity index (χ0v) is 20.0.